The maximum absolute atomic E-state index is 12.9. The zero-order chi connectivity index (χ0) is 17.8. The summed E-state index contributed by atoms with van der Waals surface area (Å²) in [7, 11) is 0. The molecule has 2 aromatic carbocycles. The highest BCUT2D eigenvalue weighted by Gasteiger charge is 2.36. The number of rotatable bonds is 5. The molecule has 0 spiro atoms. The van der Waals surface area contributed by atoms with E-state index in [1.807, 2.05) is 67.6 Å². The quantitative estimate of drug-likeness (QED) is 0.909. The van der Waals surface area contributed by atoms with Crippen molar-refractivity contribution >= 4 is 28.9 Å². The Morgan fingerprint density at radius 2 is 1.72 bits per heavy atom. The summed E-state index contributed by atoms with van der Waals surface area (Å²) in [6.07, 6.45) is 0.201. The van der Waals surface area contributed by atoms with Crippen molar-refractivity contribution in [2.45, 2.75) is 19.4 Å². The van der Waals surface area contributed by atoms with Crippen LogP contribution in [0.5, 0.6) is 0 Å². The van der Waals surface area contributed by atoms with Crippen LogP contribution in [0.3, 0.4) is 0 Å². The van der Waals surface area contributed by atoms with Crippen molar-refractivity contribution in [1.29, 1.82) is 0 Å². The zero-order valence-corrected chi connectivity index (χ0v) is 14.0. The molecule has 0 saturated heterocycles. The minimum absolute atomic E-state index is 0.201. The number of primary amides is 1. The van der Waals surface area contributed by atoms with E-state index in [1.165, 1.54) is 5.01 Å². The lowest BCUT2D eigenvalue weighted by Crippen LogP contribution is -2.40. The van der Waals surface area contributed by atoms with Crippen LogP contribution < -0.4 is 15.6 Å². The van der Waals surface area contributed by atoms with Gasteiger partial charge >= 0.3 is 0 Å². The highest BCUT2D eigenvalue weighted by molar-refractivity contribution is 6.45. The number of benzene rings is 2. The van der Waals surface area contributed by atoms with Crippen molar-refractivity contribution in [2.24, 2.45) is 10.8 Å². The molecule has 0 bridgehead atoms. The Labute approximate surface area is 146 Å². The molecule has 0 fully saturated rings. The van der Waals surface area contributed by atoms with Gasteiger partial charge in [0.2, 0.25) is 5.91 Å². The maximum Gasteiger partial charge on any atom is 0.274 e. The van der Waals surface area contributed by atoms with Gasteiger partial charge in [-0.05, 0) is 31.2 Å². The standard InChI is InChI=1S/C19H20N4O2/c1-2-22(14-9-5-3-6-10-14)19(25)16-13-17(18(20)24)23(21-16)15-11-7-4-8-12-15/h3-12,17H,2,13H2,1H3,(H2,20,24)/t17-/m1/s1. The smallest absolute Gasteiger partial charge is 0.274 e. The predicted octanol–water partition coefficient (Wildman–Crippen LogP) is 2.16. The molecule has 6 heteroatoms. The van der Waals surface area contributed by atoms with Crippen molar-refractivity contribution in [2.75, 3.05) is 16.5 Å². The van der Waals surface area contributed by atoms with Crippen LogP contribution in [0.2, 0.25) is 0 Å². The number of anilines is 2. The lowest BCUT2D eigenvalue weighted by atomic mass is 10.1. The summed E-state index contributed by atoms with van der Waals surface area (Å²) in [6, 6.07) is 18.0. The van der Waals surface area contributed by atoms with Crippen LogP contribution in [-0.2, 0) is 9.59 Å². The molecule has 0 unspecified atom stereocenters. The molecule has 0 aromatic heterocycles. The van der Waals surface area contributed by atoms with Crippen LogP contribution in [0, 0.1) is 0 Å². The Bertz CT molecular complexity index is 790. The van der Waals surface area contributed by atoms with Gasteiger partial charge in [0.1, 0.15) is 11.8 Å². The van der Waals surface area contributed by atoms with Crippen LogP contribution in [0.4, 0.5) is 11.4 Å². The summed E-state index contributed by atoms with van der Waals surface area (Å²) in [4.78, 5) is 26.4. The third-order valence-corrected chi connectivity index (χ3v) is 4.14. The number of carbonyl (C=O) groups excluding carboxylic acids is 2. The molecule has 1 aliphatic rings. The van der Waals surface area contributed by atoms with Crippen LogP contribution in [-0.4, -0.2) is 30.1 Å². The van der Waals surface area contributed by atoms with Crippen molar-refractivity contribution in [3.63, 3.8) is 0 Å². The van der Waals surface area contributed by atoms with Crippen LogP contribution in [0.25, 0.3) is 0 Å². The van der Waals surface area contributed by atoms with Gasteiger partial charge in [-0.1, -0.05) is 36.4 Å². The molecule has 1 atom stereocenters. The van der Waals surface area contributed by atoms with Gasteiger partial charge in [-0.15, -0.1) is 0 Å². The van der Waals surface area contributed by atoms with Crippen LogP contribution in [0.15, 0.2) is 65.8 Å². The molecule has 6 nitrogen and oxygen atoms in total. The number of para-hydroxylation sites is 2. The monoisotopic (exact) mass is 336 g/mol. The van der Waals surface area contributed by atoms with E-state index in [9.17, 15) is 9.59 Å². The number of amides is 2. The molecule has 2 amide bonds. The number of carbonyl (C=O) groups is 2. The van der Waals surface area contributed by atoms with Crippen molar-refractivity contribution in [3.8, 4) is 0 Å². The minimum Gasteiger partial charge on any atom is -0.368 e. The Balaban J connectivity index is 1.91. The van der Waals surface area contributed by atoms with E-state index in [2.05, 4.69) is 5.10 Å². The minimum atomic E-state index is -0.657. The van der Waals surface area contributed by atoms with E-state index < -0.39 is 11.9 Å². The van der Waals surface area contributed by atoms with Crippen molar-refractivity contribution in [3.05, 3.63) is 60.7 Å². The van der Waals surface area contributed by atoms with Crippen molar-refractivity contribution in [1.82, 2.24) is 0 Å². The Morgan fingerprint density at radius 1 is 1.12 bits per heavy atom. The second kappa shape index (κ2) is 7.17. The van der Waals surface area contributed by atoms with Gasteiger partial charge in [-0.2, -0.15) is 5.10 Å². The highest BCUT2D eigenvalue weighted by atomic mass is 16.2. The first kappa shape index (κ1) is 16.7. The average molecular weight is 336 g/mol. The van der Waals surface area contributed by atoms with Gasteiger partial charge < -0.3 is 10.6 Å². The zero-order valence-electron chi connectivity index (χ0n) is 14.0. The second-order valence-electron chi connectivity index (χ2n) is 5.73. The van der Waals surface area contributed by atoms with E-state index in [0.717, 1.165) is 11.4 Å². The Hall–Kier alpha value is -3.15. The van der Waals surface area contributed by atoms with Crippen LogP contribution >= 0.6 is 0 Å². The predicted molar refractivity (Wildman–Crippen MR) is 98.4 cm³/mol. The average Bonchev–Trinajstić information content (AvgIpc) is 3.10. The van der Waals surface area contributed by atoms with E-state index in [1.54, 1.807) is 4.90 Å². The topological polar surface area (TPSA) is 79.0 Å². The number of hydrazone groups is 1. The fourth-order valence-electron chi connectivity index (χ4n) is 2.89. The molecule has 1 aliphatic heterocycles. The van der Waals surface area contributed by atoms with E-state index in [4.69, 9.17) is 5.73 Å². The summed E-state index contributed by atoms with van der Waals surface area (Å²) in [5, 5.41) is 5.95. The largest absolute Gasteiger partial charge is 0.368 e. The molecule has 0 aliphatic carbocycles. The molecule has 0 radical (unpaired) electrons. The first-order chi connectivity index (χ1) is 12.1. The molecule has 25 heavy (non-hydrogen) atoms. The summed E-state index contributed by atoms with van der Waals surface area (Å²) < 4.78 is 0. The molecular weight excluding hydrogens is 316 g/mol. The summed E-state index contributed by atoms with van der Waals surface area (Å²) >= 11 is 0. The van der Waals surface area contributed by atoms with Gasteiger partial charge in [0.15, 0.2) is 0 Å². The van der Waals surface area contributed by atoms with Crippen LogP contribution in [0.1, 0.15) is 13.3 Å². The Morgan fingerprint density at radius 3 is 2.28 bits per heavy atom. The van der Waals surface area contributed by atoms with E-state index in [0.29, 0.717) is 12.3 Å². The first-order valence-electron chi connectivity index (χ1n) is 8.19. The number of hydrogen-bond acceptors (Lipinski definition) is 4. The number of hydrogen-bond donors (Lipinski definition) is 1. The Kier molecular flexibility index (Phi) is 4.79. The van der Waals surface area contributed by atoms with Gasteiger partial charge in [0, 0.05) is 18.7 Å². The fraction of sp³-hybridized carbons (Fsp3) is 0.211. The lowest BCUT2D eigenvalue weighted by Gasteiger charge is -2.20. The van der Waals surface area contributed by atoms with Gasteiger partial charge in [0.05, 0.1) is 5.69 Å². The second-order valence-corrected chi connectivity index (χ2v) is 5.73. The maximum atomic E-state index is 12.9. The number of nitrogens with two attached hydrogens (primary N) is 1. The van der Waals surface area contributed by atoms with E-state index in [-0.39, 0.29) is 12.3 Å². The molecule has 2 aromatic rings. The first-order valence-corrected chi connectivity index (χ1v) is 8.19. The van der Waals surface area contributed by atoms with Crippen molar-refractivity contribution < 1.29 is 9.59 Å². The molecule has 2 N–H and O–H groups in total. The summed E-state index contributed by atoms with van der Waals surface area (Å²) in [6.45, 7) is 2.41. The van der Waals surface area contributed by atoms with Gasteiger partial charge in [-0.3, -0.25) is 14.6 Å². The molecular formula is C19H20N4O2. The fourth-order valence-corrected chi connectivity index (χ4v) is 2.89. The van der Waals surface area contributed by atoms with Gasteiger partial charge in [0.25, 0.3) is 5.91 Å². The summed E-state index contributed by atoms with van der Waals surface area (Å²) in [5.74, 6) is -0.712. The SMILES string of the molecule is CCN(C(=O)C1=NN(c2ccccc2)[C@@H](C(N)=O)C1)c1ccccc1. The van der Waals surface area contributed by atoms with Gasteiger partial charge in [-0.25, -0.2) is 0 Å². The third kappa shape index (κ3) is 3.38. The third-order valence-electron chi connectivity index (χ3n) is 4.14. The molecule has 128 valence electrons. The number of nitrogens with zero attached hydrogens (tertiary/aromatic N) is 3. The lowest BCUT2D eigenvalue weighted by molar-refractivity contribution is -0.119. The van der Waals surface area contributed by atoms with E-state index >= 15 is 0 Å². The molecule has 1 heterocycles. The molecule has 0 saturated carbocycles. The molecule has 3 rings (SSSR count). The normalized spacial score (nSPS) is 16.4. The summed E-state index contributed by atoms with van der Waals surface area (Å²) in [5.41, 5.74) is 7.39. The highest BCUT2D eigenvalue weighted by Crippen LogP contribution is 2.25.